The molecule has 1 saturated heterocycles. The molecule has 0 bridgehead atoms. The number of aliphatic imine (C=N–C) groups is 1. The number of nitrogens with zero attached hydrogens (tertiary/aromatic N) is 3. The minimum atomic E-state index is 0. The average Bonchev–Trinajstić information content (AvgIpc) is 3.40. The van der Waals surface area contributed by atoms with Gasteiger partial charge in [0.05, 0.1) is 18.8 Å². The van der Waals surface area contributed by atoms with Gasteiger partial charge in [0, 0.05) is 25.7 Å². The van der Waals surface area contributed by atoms with Crippen molar-refractivity contribution in [3.63, 3.8) is 0 Å². The van der Waals surface area contributed by atoms with Crippen LogP contribution in [-0.4, -0.2) is 67.6 Å². The molecule has 0 amide bonds. The van der Waals surface area contributed by atoms with E-state index in [0.717, 1.165) is 63.6 Å². The van der Waals surface area contributed by atoms with Gasteiger partial charge in [-0.2, -0.15) is 0 Å². The first kappa shape index (κ1) is 23.5. The quantitative estimate of drug-likeness (QED) is 0.291. The van der Waals surface area contributed by atoms with E-state index in [1.54, 1.807) is 6.26 Å². The van der Waals surface area contributed by atoms with Crippen LogP contribution in [0.1, 0.15) is 57.8 Å². The monoisotopic (exact) mass is 503 g/mol. The van der Waals surface area contributed by atoms with Crippen molar-refractivity contribution >= 4 is 29.9 Å². The minimum absolute atomic E-state index is 0. The molecule has 28 heavy (non-hydrogen) atoms. The van der Waals surface area contributed by atoms with Crippen LogP contribution < -0.4 is 10.6 Å². The Balaban J connectivity index is 0.00000280. The predicted molar refractivity (Wildman–Crippen MR) is 127 cm³/mol. The van der Waals surface area contributed by atoms with E-state index in [1.807, 2.05) is 6.07 Å². The number of likely N-dealkylation sites (N-methyl/N-ethyl adjacent to an activating group) is 1. The smallest absolute Gasteiger partial charge is 0.191 e. The second-order valence-electron chi connectivity index (χ2n) is 7.63. The summed E-state index contributed by atoms with van der Waals surface area (Å²) in [6.45, 7) is 11.4. The molecule has 2 fully saturated rings. The summed E-state index contributed by atoms with van der Waals surface area (Å²) in [5.41, 5.74) is 0. The topological polar surface area (TPSA) is 56.0 Å². The lowest BCUT2D eigenvalue weighted by atomic mass is 10.1. The molecule has 2 heterocycles. The van der Waals surface area contributed by atoms with E-state index >= 15 is 0 Å². The van der Waals surface area contributed by atoms with Gasteiger partial charge in [0.2, 0.25) is 0 Å². The van der Waals surface area contributed by atoms with E-state index in [-0.39, 0.29) is 30.0 Å². The molecule has 3 rings (SSSR count). The summed E-state index contributed by atoms with van der Waals surface area (Å²) >= 11 is 0. The Morgan fingerprint density at radius 3 is 2.64 bits per heavy atom. The van der Waals surface area contributed by atoms with Crippen LogP contribution in [0, 0.1) is 0 Å². The van der Waals surface area contributed by atoms with E-state index in [0.29, 0.717) is 0 Å². The SMILES string of the molecule is CCNC(=NCC(c1ccco1)N1CCCCC1)NCCN(CC)C1CC1.I. The summed E-state index contributed by atoms with van der Waals surface area (Å²) in [6.07, 6.45) is 8.38. The number of rotatable bonds is 10. The van der Waals surface area contributed by atoms with Crippen molar-refractivity contribution in [3.8, 4) is 0 Å². The van der Waals surface area contributed by atoms with Gasteiger partial charge in [0.15, 0.2) is 5.96 Å². The molecule has 1 saturated carbocycles. The van der Waals surface area contributed by atoms with E-state index in [1.165, 1.54) is 32.1 Å². The molecule has 1 aliphatic carbocycles. The minimum Gasteiger partial charge on any atom is -0.468 e. The summed E-state index contributed by atoms with van der Waals surface area (Å²) in [7, 11) is 0. The normalized spacial score (nSPS) is 19.3. The van der Waals surface area contributed by atoms with Gasteiger partial charge < -0.3 is 15.1 Å². The number of piperidine rings is 1. The molecule has 0 aromatic carbocycles. The molecular formula is C21H38IN5O. The Morgan fingerprint density at radius 1 is 1.25 bits per heavy atom. The predicted octanol–water partition coefficient (Wildman–Crippen LogP) is 3.46. The summed E-state index contributed by atoms with van der Waals surface area (Å²) in [5, 5.41) is 6.91. The molecule has 2 N–H and O–H groups in total. The van der Waals surface area contributed by atoms with Crippen molar-refractivity contribution in [2.75, 3.05) is 45.8 Å². The van der Waals surface area contributed by atoms with Crippen LogP contribution in [0.2, 0.25) is 0 Å². The standard InChI is InChI=1S/C21H37N5O.HI/c1-3-22-21(23-12-15-25(4-2)18-10-11-18)24-17-19(20-9-8-16-27-20)26-13-6-5-7-14-26;/h8-9,16,18-19H,3-7,10-15,17H2,1-2H3,(H2,22,23,24);1H. The van der Waals surface area contributed by atoms with Crippen molar-refractivity contribution < 1.29 is 4.42 Å². The lowest BCUT2D eigenvalue weighted by Crippen LogP contribution is -2.43. The molecular weight excluding hydrogens is 465 g/mol. The number of halogens is 1. The van der Waals surface area contributed by atoms with Crippen LogP contribution in [0.5, 0.6) is 0 Å². The van der Waals surface area contributed by atoms with Crippen molar-refractivity contribution in [1.29, 1.82) is 0 Å². The van der Waals surface area contributed by atoms with Crippen molar-refractivity contribution in [2.24, 2.45) is 4.99 Å². The van der Waals surface area contributed by atoms with Crippen LogP contribution in [0.4, 0.5) is 0 Å². The molecule has 1 unspecified atom stereocenters. The molecule has 1 aliphatic heterocycles. The zero-order valence-corrected chi connectivity index (χ0v) is 19.9. The van der Waals surface area contributed by atoms with Crippen molar-refractivity contribution in [3.05, 3.63) is 24.2 Å². The zero-order chi connectivity index (χ0) is 18.9. The van der Waals surface area contributed by atoms with Gasteiger partial charge in [-0.25, -0.2) is 0 Å². The van der Waals surface area contributed by atoms with E-state index < -0.39 is 0 Å². The lowest BCUT2D eigenvalue weighted by Gasteiger charge is -2.32. The Kier molecular flexibility index (Phi) is 10.6. The Bertz CT molecular complexity index is 555. The number of furan rings is 1. The van der Waals surface area contributed by atoms with Gasteiger partial charge in [-0.1, -0.05) is 13.3 Å². The largest absolute Gasteiger partial charge is 0.468 e. The average molecular weight is 503 g/mol. The summed E-state index contributed by atoms with van der Waals surface area (Å²) < 4.78 is 5.74. The first-order valence-corrected chi connectivity index (χ1v) is 10.9. The van der Waals surface area contributed by atoms with Crippen LogP contribution in [0.25, 0.3) is 0 Å². The summed E-state index contributed by atoms with van der Waals surface area (Å²) in [6, 6.07) is 5.12. The van der Waals surface area contributed by atoms with Crippen LogP contribution in [0.3, 0.4) is 0 Å². The maximum absolute atomic E-state index is 5.74. The number of guanidine groups is 1. The first-order chi connectivity index (χ1) is 13.3. The molecule has 7 heteroatoms. The van der Waals surface area contributed by atoms with Crippen LogP contribution in [-0.2, 0) is 0 Å². The fourth-order valence-corrected chi connectivity index (χ4v) is 3.97. The third-order valence-electron chi connectivity index (χ3n) is 5.63. The van der Waals surface area contributed by atoms with E-state index in [4.69, 9.17) is 9.41 Å². The molecule has 2 aliphatic rings. The van der Waals surface area contributed by atoms with Gasteiger partial charge in [0.25, 0.3) is 0 Å². The number of likely N-dealkylation sites (tertiary alicyclic amines) is 1. The zero-order valence-electron chi connectivity index (χ0n) is 17.5. The van der Waals surface area contributed by atoms with E-state index in [2.05, 4.69) is 40.3 Å². The maximum atomic E-state index is 5.74. The molecule has 1 aromatic rings. The molecule has 1 aromatic heterocycles. The fourth-order valence-electron chi connectivity index (χ4n) is 3.97. The first-order valence-electron chi connectivity index (χ1n) is 10.9. The Labute approximate surface area is 187 Å². The highest BCUT2D eigenvalue weighted by atomic mass is 127. The van der Waals surface area contributed by atoms with Gasteiger partial charge >= 0.3 is 0 Å². The lowest BCUT2D eigenvalue weighted by molar-refractivity contribution is 0.150. The molecule has 1 atom stereocenters. The highest BCUT2D eigenvalue weighted by Crippen LogP contribution is 2.26. The van der Waals surface area contributed by atoms with Gasteiger partial charge in [-0.15, -0.1) is 24.0 Å². The van der Waals surface area contributed by atoms with E-state index in [9.17, 15) is 0 Å². The molecule has 6 nitrogen and oxygen atoms in total. The molecule has 160 valence electrons. The number of hydrogen-bond donors (Lipinski definition) is 2. The summed E-state index contributed by atoms with van der Waals surface area (Å²) in [5.74, 6) is 1.94. The fraction of sp³-hybridized carbons (Fsp3) is 0.762. The van der Waals surface area contributed by atoms with Crippen molar-refractivity contribution in [2.45, 2.75) is 58.0 Å². The number of hydrogen-bond acceptors (Lipinski definition) is 4. The third-order valence-corrected chi connectivity index (χ3v) is 5.63. The maximum Gasteiger partial charge on any atom is 0.191 e. The van der Waals surface area contributed by atoms with Crippen molar-refractivity contribution in [1.82, 2.24) is 20.4 Å². The number of nitrogens with one attached hydrogen (secondary N) is 2. The van der Waals surface area contributed by atoms with Crippen LogP contribution >= 0.6 is 24.0 Å². The third kappa shape index (κ3) is 7.22. The highest BCUT2D eigenvalue weighted by Gasteiger charge is 2.27. The van der Waals surface area contributed by atoms with Gasteiger partial charge in [-0.3, -0.25) is 14.8 Å². The molecule has 0 radical (unpaired) electrons. The Hall–Kier alpha value is -0.800. The second kappa shape index (κ2) is 12.7. The molecule has 0 spiro atoms. The van der Waals surface area contributed by atoms with Gasteiger partial charge in [-0.05, 0) is 64.4 Å². The summed E-state index contributed by atoms with van der Waals surface area (Å²) in [4.78, 5) is 10.00. The van der Waals surface area contributed by atoms with Gasteiger partial charge in [0.1, 0.15) is 5.76 Å². The Morgan fingerprint density at radius 2 is 2.04 bits per heavy atom. The second-order valence-corrected chi connectivity index (χ2v) is 7.63. The highest BCUT2D eigenvalue weighted by molar-refractivity contribution is 14.0. The van der Waals surface area contributed by atoms with Crippen LogP contribution in [0.15, 0.2) is 27.8 Å².